The maximum atomic E-state index is 12.8. The second kappa shape index (κ2) is 10.9. The molecule has 10 atom stereocenters. The molecule has 0 aromatic carbocycles. The Bertz CT molecular complexity index is 776. The summed E-state index contributed by atoms with van der Waals surface area (Å²) in [7, 11) is 2.95. The molecule has 0 aromatic heterocycles. The Morgan fingerprint density at radius 3 is 2.31 bits per heavy atom. The zero-order valence-electron chi connectivity index (χ0n) is 22.5. The highest BCUT2D eigenvalue weighted by molar-refractivity contribution is 5.85. The van der Waals surface area contributed by atoms with E-state index in [0.29, 0.717) is 48.5 Å². The van der Waals surface area contributed by atoms with E-state index in [4.69, 9.17) is 9.47 Å². The zero-order valence-corrected chi connectivity index (χ0v) is 23.4. The van der Waals surface area contributed by atoms with Gasteiger partial charge in [-0.2, -0.15) is 0 Å². The lowest BCUT2D eigenvalue weighted by Crippen LogP contribution is -2.64. The van der Waals surface area contributed by atoms with E-state index in [9.17, 15) is 14.7 Å². The average Bonchev–Trinajstić information content (AvgIpc) is 3.14. The first-order valence-corrected chi connectivity index (χ1v) is 13.6. The van der Waals surface area contributed by atoms with Gasteiger partial charge in [-0.25, -0.2) is 0 Å². The molecule has 4 rings (SSSR count). The van der Waals surface area contributed by atoms with Gasteiger partial charge in [0, 0.05) is 6.04 Å². The average molecular weight is 514 g/mol. The minimum absolute atomic E-state index is 0. The quantitative estimate of drug-likeness (QED) is 0.504. The van der Waals surface area contributed by atoms with Crippen LogP contribution in [-0.4, -0.2) is 50.0 Å². The van der Waals surface area contributed by atoms with E-state index < -0.39 is 12.0 Å². The molecule has 5 unspecified atom stereocenters. The van der Waals surface area contributed by atoms with Crippen molar-refractivity contribution in [3.63, 3.8) is 0 Å². The third-order valence-corrected chi connectivity index (χ3v) is 10.8. The molecule has 0 amide bonds. The lowest BCUT2D eigenvalue weighted by atomic mass is 9.42. The van der Waals surface area contributed by atoms with Crippen LogP contribution in [0.4, 0.5) is 0 Å². The van der Waals surface area contributed by atoms with Gasteiger partial charge in [0.1, 0.15) is 0 Å². The van der Waals surface area contributed by atoms with Crippen LogP contribution in [0.25, 0.3) is 0 Å². The molecule has 4 saturated carbocycles. The van der Waals surface area contributed by atoms with Crippen molar-refractivity contribution >= 4 is 24.3 Å². The lowest BCUT2D eigenvalue weighted by Gasteiger charge is -2.64. The van der Waals surface area contributed by atoms with Crippen LogP contribution in [0.15, 0.2) is 0 Å². The monoisotopic (exact) mass is 513 g/mol. The standard InChI is InChI=1S/C28H47NO5.ClH/c1-16(2)11-12-29-22-15-28(4)20(9-10-21(28)26(32)34-6)18-8-7-17-13-23(30)19(25(31)33-5)14-27(17,3)24(18)22;/h16-24,29-30H,7-15H2,1-6H3;1H/t17?,18-,19?,20-,21?,22?,23?,24-,27-,28-;/m0./s1. The van der Waals surface area contributed by atoms with Crippen LogP contribution in [0.2, 0.25) is 0 Å². The van der Waals surface area contributed by atoms with Crippen LogP contribution >= 0.6 is 12.4 Å². The molecule has 0 aromatic rings. The molecule has 0 radical (unpaired) electrons. The van der Waals surface area contributed by atoms with E-state index in [0.717, 1.165) is 45.1 Å². The van der Waals surface area contributed by atoms with E-state index >= 15 is 0 Å². The lowest BCUT2D eigenvalue weighted by molar-refractivity contribution is -0.178. The van der Waals surface area contributed by atoms with Crippen LogP contribution in [-0.2, 0) is 19.1 Å². The maximum Gasteiger partial charge on any atom is 0.311 e. The minimum atomic E-state index is -0.613. The minimum Gasteiger partial charge on any atom is -0.469 e. The van der Waals surface area contributed by atoms with Gasteiger partial charge < -0.3 is 19.9 Å². The van der Waals surface area contributed by atoms with Gasteiger partial charge in [-0.3, -0.25) is 9.59 Å². The molecule has 6 nitrogen and oxygen atoms in total. The molecule has 0 aliphatic heterocycles. The molecule has 2 N–H and O–H groups in total. The molecule has 4 aliphatic carbocycles. The second-order valence-electron chi connectivity index (χ2n) is 12.8. The van der Waals surface area contributed by atoms with Gasteiger partial charge in [0.2, 0.25) is 0 Å². The van der Waals surface area contributed by atoms with Gasteiger partial charge in [-0.1, -0.05) is 27.7 Å². The third-order valence-electron chi connectivity index (χ3n) is 10.8. The molecule has 0 bridgehead atoms. The predicted molar refractivity (Wildman–Crippen MR) is 138 cm³/mol. The van der Waals surface area contributed by atoms with Crippen molar-refractivity contribution in [2.24, 2.45) is 52.3 Å². The van der Waals surface area contributed by atoms with Crippen LogP contribution in [0.5, 0.6) is 0 Å². The van der Waals surface area contributed by atoms with Crippen molar-refractivity contribution in [2.75, 3.05) is 20.8 Å². The predicted octanol–water partition coefficient (Wildman–Crippen LogP) is 4.61. The summed E-state index contributed by atoms with van der Waals surface area (Å²) in [6.07, 6.45) is 7.11. The third kappa shape index (κ3) is 4.88. The Morgan fingerprint density at radius 2 is 1.69 bits per heavy atom. The first kappa shape index (κ1) is 28.7. The molecule has 0 spiro atoms. The molecule has 4 aliphatic rings. The van der Waals surface area contributed by atoms with E-state index in [1.807, 2.05) is 0 Å². The molecule has 35 heavy (non-hydrogen) atoms. The Hall–Kier alpha value is -0.850. The summed E-state index contributed by atoms with van der Waals surface area (Å²) in [5, 5.41) is 14.8. The van der Waals surface area contributed by atoms with Crippen molar-refractivity contribution in [1.29, 1.82) is 0 Å². The summed E-state index contributed by atoms with van der Waals surface area (Å²) >= 11 is 0. The van der Waals surface area contributed by atoms with E-state index in [2.05, 4.69) is 33.0 Å². The molecular weight excluding hydrogens is 466 g/mol. The Balaban J connectivity index is 0.00000342. The van der Waals surface area contributed by atoms with Crippen LogP contribution < -0.4 is 5.32 Å². The van der Waals surface area contributed by atoms with Gasteiger partial charge in [0.25, 0.3) is 0 Å². The summed E-state index contributed by atoms with van der Waals surface area (Å²) in [6, 6.07) is 0.302. The molecule has 4 fully saturated rings. The van der Waals surface area contributed by atoms with Crippen LogP contribution in [0, 0.1) is 52.3 Å². The molecule has 0 heterocycles. The van der Waals surface area contributed by atoms with E-state index in [-0.39, 0.29) is 41.1 Å². The fraction of sp³-hybridized carbons (Fsp3) is 0.929. The summed E-state index contributed by atoms with van der Waals surface area (Å²) in [5.41, 5.74) is -0.0793. The topological polar surface area (TPSA) is 84.9 Å². The number of halogens is 1. The largest absolute Gasteiger partial charge is 0.469 e. The number of rotatable bonds is 6. The molecule has 202 valence electrons. The van der Waals surface area contributed by atoms with Gasteiger partial charge in [-0.05, 0) is 98.3 Å². The van der Waals surface area contributed by atoms with E-state index in [1.165, 1.54) is 14.2 Å². The Morgan fingerprint density at radius 1 is 1.00 bits per heavy atom. The fourth-order valence-corrected chi connectivity index (χ4v) is 9.17. The second-order valence-corrected chi connectivity index (χ2v) is 12.8. The van der Waals surface area contributed by atoms with Gasteiger partial charge in [-0.15, -0.1) is 12.4 Å². The zero-order chi connectivity index (χ0) is 24.8. The van der Waals surface area contributed by atoms with Crippen LogP contribution in [0.1, 0.15) is 79.1 Å². The summed E-state index contributed by atoms with van der Waals surface area (Å²) < 4.78 is 10.4. The SMILES string of the molecule is COC(=O)C1C[C@@]2(C)C(CC[C@@H]3[C@H]2C(NCCC(C)C)C[C@]2(C)C(C(=O)OC)CC[C@@H]32)CC1O.Cl. The summed E-state index contributed by atoms with van der Waals surface area (Å²) in [4.78, 5) is 25.4. The number of esters is 2. The Labute approximate surface area is 218 Å². The summed E-state index contributed by atoms with van der Waals surface area (Å²) in [5.74, 6) is 1.73. The van der Waals surface area contributed by atoms with Gasteiger partial charge >= 0.3 is 11.9 Å². The number of fused-ring (bicyclic) bond motifs is 5. The smallest absolute Gasteiger partial charge is 0.311 e. The molecular formula is C28H48ClNO5. The van der Waals surface area contributed by atoms with E-state index in [1.54, 1.807) is 0 Å². The number of methoxy groups -OCH3 is 2. The molecule has 7 heteroatoms. The number of ether oxygens (including phenoxy) is 2. The highest BCUT2D eigenvalue weighted by Gasteiger charge is 2.65. The highest BCUT2D eigenvalue weighted by atomic mass is 35.5. The number of aliphatic hydroxyl groups is 1. The van der Waals surface area contributed by atoms with Gasteiger partial charge in [0.05, 0.1) is 32.2 Å². The molecule has 0 saturated heterocycles. The number of nitrogens with one attached hydrogen (secondary N) is 1. The number of hydrogen-bond donors (Lipinski definition) is 2. The van der Waals surface area contributed by atoms with Crippen molar-refractivity contribution in [2.45, 2.75) is 91.2 Å². The fourth-order valence-electron chi connectivity index (χ4n) is 9.17. The van der Waals surface area contributed by atoms with Crippen molar-refractivity contribution < 1.29 is 24.2 Å². The van der Waals surface area contributed by atoms with Crippen molar-refractivity contribution in [3.05, 3.63) is 0 Å². The van der Waals surface area contributed by atoms with Crippen LogP contribution in [0.3, 0.4) is 0 Å². The normalized spacial score (nSPS) is 44.5. The number of carbonyl (C=O) groups excluding carboxylic acids is 2. The number of aliphatic hydroxyl groups excluding tert-OH is 1. The summed E-state index contributed by atoms with van der Waals surface area (Å²) in [6.45, 7) is 10.2. The first-order chi connectivity index (χ1) is 16.1. The maximum absolute atomic E-state index is 12.8. The first-order valence-electron chi connectivity index (χ1n) is 13.6. The number of carbonyl (C=O) groups is 2. The van der Waals surface area contributed by atoms with Gasteiger partial charge in [0.15, 0.2) is 0 Å². The Kier molecular flexibility index (Phi) is 8.92. The number of hydrogen-bond acceptors (Lipinski definition) is 6. The highest BCUT2D eigenvalue weighted by Crippen LogP contribution is 2.68. The van der Waals surface area contributed by atoms with Crippen molar-refractivity contribution in [1.82, 2.24) is 5.32 Å². The van der Waals surface area contributed by atoms with Crippen molar-refractivity contribution in [3.8, 4) is 0 Å².